The van der Waals surface area contributed by atoms with Crippen LogP contribution in [0.2, 0.25) is 0 Å². The van der Waals surface area contributed by atoms with Gasteiger partial charge >= 0.3 is 7.82 Å². The van der Waals surface area contributed by atoms with E-state index in [1.165, 1.54) is 0 Å². The quantitative estimate of drug-likeness (QED) is 0.477. The van der Waals surface area contributed by atoms with Crippen molar-refractivity contribution in [3.8, 4) is 0 Å². The van der Waals surface area contributed by atoms with E-state index < -0.39 is 7.82 Å². The molecule has 0 heterocycles. The SMILES string of the molecule is O=P(O)(O)O.[Ce].[La]. The van der Waals surface area contributed by atoms with E-state index in [-0.39, 0.29) is 77.3 Å². The maximum atomic E-state index is 8.88. The Balaban J connectivity index is -0.0000000800. The Kier molecular flexibility index (Phi) is 15.9. The van der Waals surface area contributed by atoms with E-state index in [2.05, 4.69) is 0 Å². The van der Waals surface area contributed by atoms with Crippen molar-refractivity contribution in [2.75, 3.05) is 0 Å². The maximum Gasteiger partial charge on any atom is 0.466 e. The summed E-state index contributed by atoms with van der Waals surface area (Å²) in [4.78, 5) is 21.6. The van der Waals surface area contributed by atoms with Gasteiger partial charge in [-0.25, -0.2) is 4.57 Å². The van der Waals surface area contributed by atoms with E-state index in [1.807, 2.05) is 0 Å². The fourth-order valence-electron chi connectivity index (χ4n) is 0. The Hall–Kier alpha value is 2.68. The van der Waals surface area contributed by atoms with Crippen LogP contribution in [-0.2, 0) is 4.57 Å². The van der Waals surface area contributed by atoms with Gasteiger partial charge in [-0.1, -0.05) is 0 Å². The third-order valence-corrected chi connectivity index (χ3v) is 0. The third kappa shape index (κ3) is 53.9. The molecule has 0 atom stereocenters. The Labute approximate surface area is 102 Å². The van der Waals surface area contributed by atoms with Crippen LogP contribution in [0.4, 0.5) is 0 Å². The molecular weight excluding hydrogens is 374 g/mol. The zero-order valence-electron chi connectivity index (χ0n) is 3.27. The number of hydrogen-bond acceptors (Lipinski definition) is 1. The summed E-state index contributed by atoms with van der Waals surface area (Å²) in [5.74, 6) is 0. The molecule has 0 aromatic carbocycles. The minimum absolute atomic E-state index is 0. The van der Waals surface area contributed by atoms with Crippen molar-refractivity contribution in [3.05, 3.63) is 0 Å². The van der Waals surface area contributed by atoms with Crippen molar-refractivity contribution in [1.82, 2.24) is 0 Å². The van der Waals surface area contributed by atoms with Gasteiger partial charge in [0.25, 0.3) is 0 Å². The van der Waals surface area contributed by atoms with E-state index >= 15 is 0 Å². The Morgan fingerprint density at radius 2 is 1.14 bits per heavy atom. The van der Waals surface area contributed by atoms with Crippen LogP contribution in [0.5, 0.6) is 0 Å². The minimum Gasteiger partial charge on any atom is -0.303 e. The van der Waals surface area contributed by atoms with Gasteiger partial charge in [0.15, 0.2) is 0 Å². The first kappa shape index (κ1) is 16.3. The van der Waals surface area contributed by atoms with Crippen molar-refractivity contribution >= 4 is 7.82 Å². The molecule has 0 aliphatic rings. The summed E-state index contributed by atoms with van der Waals surface area (Å²) >= 11 is 0. The molecule has 7 heavy (non-hydrogen) atoms. The van der Waals surface area contributed by atoms with Crippen LogP contribution in [-0.4, -0.2) is 14.7 Å². The van der Waals surface area contributed by atoms with Crippen LogP contribution in [0.25, 0.3) is 0 Å². The Bertz CT molecular complexity index is 57.8. The molecule has 0 aliphatic carbocycles. The second-order valence-corrected chi connectivity index (χ2v) is 1.54. The summed E-state index contributed by atoms with van der Waals surface area (Å²) in [5.41, 5.74) is 0. The van der Waals surface area contributed by atoms with Gasteiger partial charge in [0.2, 0.25) is 0 Å². The fourth-order valence-corrected chi connectivity index (χ4v) is 0. The van der Waals surface area contributed by atoms with Crippen LogP contribution in [0.15, 0.2) is 0 Å². The molecule has 0 aromatic rings. The van der Waals surface area contributed by atoms with Crippen molar-refractivity contribution in [2.45, 2.75) is 0 Å². The van der Waals surface area contributed by atoms with Gasteiger partial charge < -0.3 is 14.7 Å². The largest absolute Gasteiger partial charge is 0.466 e. The van der Waals surface area contributed by atoms with Crippen molar-refractivity contribution in [1.29, 1.82) is 0 Å². The number of rotatable bonds is 0. The number of hydrogen-bond donors (Lipinski definition) is 3. The van der Waals surface area contributed by atoms with Crippen LogP contribution in [0.3, 0.4) is 0 Å². The first-order valence-corrected chi connectivity index (χ1v) is 2.35. The van der Waals surface area contributed by atoms with E-state index in [0.29, 0.717) is 0 Å². The average molecular weight is 377 g/mol. The number of phosphoric acid groups is 1. The van der Waals surface area contributed by atoms with E-state index in [1.54, 1.807) is 0 Å². The molecule has 7 heteroatoms. The molecule has 0 spiro atoms. The summed E-state index contributed by atoms with van der Waals surface area (Å²) in [6.45, 7) is 0. The first-order valence-electron chi connectivity index (χ1n) is 0.783. The zero-order valence-corrected chi connectivity index (χ0v) is 10.9. The first-order chi connectivity index (χ1) is 2.00. The van der Waals surface area contributed by atoms with E-state index in [9.17, 15) is 0 Å². The molecule has 3 N–H and O–H groups in total. The second kappa shape index (κ2) is 6.80. The van der Waals surface area contributed by atoms with Gasteiger partial charge in [0.1, 0.15) is 0 Å². The molecule has 0 saturated carbocycles. The molecule has 0 saturated heterocycles. The normalized spacial score (nSPS) is 8.43. The molecule has 0 bridgehead atoms. The van der Waals surface area contributed by atoms with Crippen molar-refractivity contribution in [2.24, 2.45) is 0 Å². The van der Waals surface area contributed by atoms with Gasteiger partial charge in [-0.3, -0.25) is 0 Å². The summed E-state index contributed by atoms with van der Waals surface area (Å²) in [7, 11) is -4.64. The maximum absolute atomic E-state index is 8.88. The van der Waals surface area contributed by atoms with Crippen molar-refractivity contribution < 1.29 is 96.6 Å². The Morgan fingerprint density at radius 3 is 1.14 bits per heavy atom. The van der Waals surface area contributed by atoms with E-state index in [0.717, 1.165) is 0 Å². The summed E-state index contributed by atoms with van der Waals surface area (Å²) < 4.78 is 8.88. The molecule has 0 aromatic heterocycles. The van der Waals surface area contributed by atoms with Gasteiger partial charge in [-0.05, 0) is 0 Å². The molecule has 0 amide bonds. The third-order valence-electron chi connectivity index (χ3n) is 0. The molecule has 0 fully saturated rings. The molecular formula is H3CeLaO4P. The zero-order chi connectivity index (χ0) is 4.50. The van der Waals surface area contributed by atoms with Gasteiger partial charge in [-0.15, -0.1) is 0 Å². The second-order valence-electron chi connectivity index (χ2n) is 0.513. The molecule has 0 unspecified atom stereocenters. The van der Waals surface area contributed by atoms with Gasteiger partial charge in [-0.2, -0.15) is 0 Å². The standard InChI is InChI=1S/Ce.La.H3O4P/c;;1-5(2,3)4/h;;(H3,1,2,3,4). The van der Waals surface area contributed by atoms with Crippen LogP contribution in [0.1, 0.15) is 0 Å². The van der Waals surface area contributed by atoms with E-state index in [4.69, 9.17) is 19.2 Å². The topological polar surface area (TPSA) is 77.8 Å². The van der Waals surface area contributed by atoms with Gasteiger partial charge in [0.05, 0.1) is 0 Å². The fraction of sp³-hybridized carbons (Fsp3) is 0. The predicted octanol–water partition coefficient (Wildman–Crippen LogP) is -0.929. The summed E-state index contributed by atoms with van der Waals surface area (Å²) in [6, 6.07) is 0. The summed E-state index contributed by atoms with van der Waals surface area (Å²) in [6.07, 6.45) is 0. The minimum atomic E-state index is -4.64. The Morgan fingerprint density at radius 1 is 1.14 bits per heavy atom. The van der Waals surface area contributed by atoms with Gasteiger partial charge in [0, 0.05) is 77.3 Å². The molecule has 39 valence electrons. The van der Waals surface area contributed by atoms with Crippen molar-refractivity contribution in [3.63, 3.8) is 0 Å². The molecule has 0 rings (SSSR count). The molecule has 0 aliphatic heterocycles. The predicted molar refractivity (Wildman–Crippen MR) is 14.3 cm³/mol. The average Bonchev–Trinajstić information content (AvgIpc) is 0.722. The van der Waals surface area contributed by atoms with Crippen LogP contribution in [0, 0.1) is 77.3 Å². The molecule has 1 radical (unpaired) electrons. The smallest absolute Gasteiger partial charge is 0.303 e. The monoisotopic (exact) mass is 377 g/mol. The summed E-state index contributed by atoms with van der Waals surface area (Å²) in [5, 5.41) is 0. The molecule has 4 nitrogen and oxygen atoms in total. The van der Waals surface area contributed by atoms with Crippen LogP contribution >= 0.6 is 7.82 Å². The van der Waals surface area contributed by atoms with Crippen LogP contribution < -0.4 is 0 Å².